The van der Waals surface area contributed by atoms with Gasteiger partial charge in [0.15, 0.2) is 0 Å². The van der Waals surface area contributed by atoms with E-state index in [4.69, 9.17) is 4.98 Å². The van der Waals surface area contributed by atoms with E-state index in [0.29, 0.717) is 6.04 Å². The van der Waals surface area contributed by atoms with E-state index in [-0.39, 0.29) is 32.7 Å². The van der Waals surface area contributed by atoms with Crippen molar-refractivity contribution in [2.24, 2.45) is 0 Å². The molecule has 0 unspecified atom stereocenters. The molecule has 29 heavy (non-hydrogen) atoms. The number of para-hydroxylation sites is 2. The predicted octanol–water partition coefficient (Wildman–Crippen LogP) is 5.73. The first-order chi connectivity index (χ1) is 13.8. The quantitative estimate of drug-likeness (QED) is 0.365. The van der Waals surface area contributed by atoms with E-state index in [1.165, 1.54) is 51.5 Å². The third-order valence-electron chi connectivity index (χ3n) is 6.26. The van der Waals surface area contributed by atoms with Crippen LogP contribution in [0.3, 0.4) is 0 Å². The zero-order valence-corrected chi connectivity index (χ0v) is 19.9. The van der Waals surface area contributed by atoms with Crippen LogP contribution in [-0.2, 0) is 45.7 Å². The van der Waals surface area contributed by atoms with Gasteiger partial charge in [-0.15, -0.1) is 7.05 Å². The molecular weight excluding hydrogens is 431 g/mol. The van der Waals surface area contributed by atoms with Crippen molar-refractivity contribution < 1.29 is 32.7 Å². The summed E-state index contributed by atoms with van der Waals surface area (Å²) in [6.45, 7) is 4.19. The number of rotatable bonds is 4. The monoisotopic (exact) mass is 457 g/mol. The third-order valence-corrected chi connectivity index (χ3v) is 6.26. The van der Waals surface area contributed by atoms with Crippen LogP contribution < -0.4 is 0 Å². The van der Waals surface area contributed by atoms with Crippen LogP contribution in [0.25, 0.3) is 21.8 Å². The van der Waals surface area contributed by atoms with Gasteiger partial charge >= 0.3 is 0 Å². The van der Waals surface area contributed by atoms with Gasteiger partial charge in [0.05, 0.1) is 11.7 Å². The maximum absolute atomic E-state index is 4.77. The Morgan fingerprint density at radius 2 is 1.90 bits per heavy atom. The number of pyridine rings is 1. The molecule has 2 aromatic heterocycles. The molecule has 0 saturated carbocycles. The van der Waals surface area contributed by atoms with Crippen LogP contribution >= 0.6 is 0 Å². The minimum atomic E-state index is 0. The number of hydrogen-bond acceptors (Lipinski definition) is 2. The Hall–Kier alpha value is -1.68. The van der Waals surface area contributed by atoms with Crippen molar-refractivity contribution in [1.82, 2.24) is 14.5 Å². The Balaban J connectivity index is 0.00000205. The molecule has 3 nitrogen and oxygen atoms in total. The first-order valence-electron chi connectivity index (χ1n) is 10.3. The average Bonchev–Trinajstić information content (AvgIpc) is 3.05. The number of fused-ring (bicyclic) bond motifs is 4. The van der Waals surface area contributed by atoms with Crippen LogP contribution in [0.5, 0.6) is 0 Å². The first kappa shape index (κ1) is 20.6. The molecule has 0 spiro atoms. The Labute approximate surface area is 198 Å². The molecule has 4 heteroatoms. The van der Waals surface area contributed by atoms with Gasteiger partial charge in [-0.1, -0.05) is 82.8 Å². The van der Waals surface area contributed by atoms with Gasteiger partial charge in [-0.25, -0.2) is 0 Å². The van der Waals surface area contributed by atoms with Crippen LogP contribution in [0.4, 0.5) is 0 Å². The van der Waals surface area contributed by atoms with E-state index in [1.54, 1.807) is 0 Å². The second-order valence-electron chi connectivity index (χ2n) is 7.78. The van der Waals surface area contributed by atoms with Gasteiger partial charge in [-0.3, -0.25) is 9.88 Å². The SMILES string of the molecule is [CH2-]n1c2ccccc2c2cccc(CN(CC)[C@@H]3CCCc4cccnc43)c21.[Y]. The fourth-order valence-corrected chi connectivity index (χ4v) is 4.91. The number of nitrogens with zero attached hydrogens (tertiary/aromatic N) is 3. The predicted molar refractivity (Wildman–Crippen MR) is 116 cm³/mol. The van der Waals surface area contributed by atoms with E-state index in [9.17, 15) is 0 Å². The summed E-state index contributed by atoms with van der Waals surface area (Å²) in [7, 11) is 4.36. The smallest absolute Gasteiger partial charge is 0.0607 e. The Bertz CT molecular complexity index is 1150. The van der Waals surface area contributed by atoms with Gasteiger partial charge in [0, 0.05) is 45.5 Å². The Morgan fingerprint density at radius 3 is 2.76 bits per heavy atom. The van der Waals surface area contributed by atoms with Gasteiger partial charge in [0.1, 0.15) is 0 Å². The standard InChI is InChI=1S/C25H26N3.Y/c1-3-28(23-15-7-9-18-11-8-16-26-24(18)23)17-19-10-6-13-21-20-12-4-5-14-22(20)27(2)25(19)21;/h4-6,8,10-14,16,23H,2-3,7,9,15,17H2,1H3;/q-1;/t23-;/m1./s1. The van der Waals surface area contributed by atoms with E-state index in [2.05, 4.69) is 78.0 Å². The second-order valence-corrected chi connectivity index (χ2v) is 7.78. The molecule has 0 fully saturated rings. The Morgan fingerprint density at radius 1 is 1.07 bits per heavy atom. The minimum Gasteiger partial charge on any atom is -0.480 e. The van der Waals surface area contributed by atoms with Crippen LogP contribution in [0.2, 0.25) is 0 Å². The summed E-state index contributed by atoms with van der Waals surface area (Å²) < 4.78 is 2.11. The van der Waals surface area contributed by atoms with Crippen molar-refractivity contribution in [3.8, 4) is 0 Å². The van der Waals surface area contributed by atoms with Gasteiger partial charge < -0.3 is 4.57 Å². The second kappa shape index (κ2) is 8.59. The molecule has 1 aliphatic rings. The van der Waals surface area contributed by atoms with Crippen molar-refractivity contribution in [1.29, 1.82) is 0 Å². The molecule has 1 radical (unpaired) electrons. The van der Waals surface area contributed by atoms with Crippen LogP contribution in [0.1, 0.15) is 42.6 Å². The van der Waals surface area contributed by atoms with Gasteiger partial charge in [-0.05, 0) is 37.4 Å². The van der Waals surface area contributed by atoms with Crippen LogP contribution in [0.15, 0.2) is 60.8 Å². The number of aryl methyl sites for hydroxylation is 1. The molecule has 2 aromatic carbocycles. The average molecular weight is 457 g/mol. The van der Waals surface area contributed by atoms with E-state index >= 15 is 0 Å². The topological polar surface area (TPSA) is 21.1 Å². The third kappa shape index (κ3) is 3.54. The molecule has 4 aromatic rings. The zero-order valence-electron chi connectivity index (χ0n) is 17.0. The molecule has 5 rings (SSSR count). The summed E-state index contributed by atoms with van der Waals surface area (Å²) in [5.41, 5.74) is 6.48. The molecule has 1 atom stereocenters. The summed E-state index contributed by atoms with van der Waals surface area (Å²) in [6, 6.07) is 19.9. The van der Waals surface area contributed by atoms with Crippen molar-refractivity contribution in [2.75, 3.05) is 6.54 Å². The van der Waals surface area contributed by atoms with Gasteiger partial charge in [0.2, 0.25) is 0 Å². The number of aromatic nitrogens is 2. The molecule has 0 saturated heterocycles. The van der Waals surface area contributed by atoms with E-state index in [0.717, 1.165) is 19.5 Å². The molecule has 0 bridgehead atoms. The van der Waals surface area contributed by atoms with Crippen molar-refractivity contribution in [2.45, 2.75) is 38.8 Å². The largest absolute Gasteiger partial charge is 0.480 e. The van der Waals surface area contributed by atoms with Crippen LogP contribution in [-0.4, -0.2) is 21.0 Å². The normalized spacial score (nSPS) is 16.1. The molecule has 145 valence electrons. The molecular formula is C25H26N3Y-. The summed E-state index contributed by atoms with van der Waals surface area (Å²) >= 11 is 0. The van der Waals surface area contributed by atoms with Crippen molar-refractivity contribution in [3.63, 3.8) is 0 Å². The maximum atomic E-state index is 4.77. The fourth-order valence-electron chi connectivity index (χ4n) is 4.91. The van der Waals surface area contributed by atoms with Gasteiger partial charge in [-0.2, -0.15) is 0 Å². The summed E-state index contributed by atoms with van der Waals surface area (Å²) in [5.74, 6) is 0. The summed E-state index contributed by atoms with van der Waals surface area (Å²) in [5, 5.41) is 2.57. The van der Waals surface area contributed by atoms with E-state index in [1.807, 2.05) is 6.20 Å². The molecule has 2 heterocycles. The molecule has 0 N–H and O–H groups in total. The van der Waals surface area contributed by atoms with Gasteiger partial charge in [0.25, 0.3) is 0 Å². The van der Waals surface area contributed by atoms with Crippen molar-refractivity contribution >= 4 is 21.8 Å². The maximum Gasteiger partial charge on any atom is 0.0607 e. The summed E-state index contributed by atoms with van der Waals surface area (Å²) in [4.78, 5) is 7.35. The summed E-state index contributed by atoms with van der Waals surface area (Å²) in [6.07, 6.45) is 5.51. The number of benzene rings is 2. The van der Waals surface area contributed by atoms with E-state index < -0.39 is 0 Å². The first-order valence-corrected chi connectivity index (χ1v) is 10.3. The Kier molecular flexibility index (Phi) is 6.10. The van der Waals surface area contributed by atoms with Crippen LogP contribution in [0, 0.1) is 7.05 Å². The molecule has 0 aliphatic heterocycles. The number of hydrogen-bond donors (Lipinski definition) is 0. The fraction of sp³-hybridized carbons (Fsp3) is 0.280. The zero-order chi connectivity index (χ0) is 19.1. The van der Waals surface area contributed by atoms with Crippen molar-refractivity contribution in [3.05, 3.63) is 84.7 Å². The molecule has 1 aliphatic carbocycles. The minimum absolute atomic E-state index is 0. The molecule has 0 amide bonds.